The van der Waals surface area contributed by atoms with E-state index in [9.17, 15) is 9.13 Å². The molecule has 0 bridgehead atoms. The third-order valence-electron chi connectivity index (χ3n) is 1.88. The molecule has 0 aliphatic rings. The fourth-order valence-corrected chi connectivity index (χ4v) is 2.99. The molecule has 1 rings (SSSR count). The summed E-state index contributed by atoms with van der Waals surface area (Å²) in [7, 11) is -8.78. The standard InChI is InChI=1S/C8H14N2O6P2/c11-17(12,13)6-10(7-18(14,15)16)5-8-3-1-2-4-9-8/h1-4H,5-7H2,(H2,11,12,13)(H2,14,15,16). The molecular formula is C8H14N2O6P2. The van der Waals surface area contributed by atoms with Crippen LogP contribution in [0.1, 0.15) is 5.69 Å². The van der Waals surface area contributed by atoms with Gasteiger partial charge in [0.1, 0.15) is 12.6 Å². The molecule has 0 aliphatic carbocycles. The Balaban J connectivity index is 2.78. The van der Waals surface area contributed by atoms with Crippen molar-refractivity contribution in [2.24, 2.45) is 0 Å². The molecule has 1 heterocycles. The molecule has 0 aromatic carbocycles. The Bertz CT molecular complexity index is 446. The van der Waals surface area contributed by atoms with Crippen molar-refractivity contribution in [2.75, 3.05) is 12.6 Å². The van der Waals surface area contributed by atoms with E-state index in [1.54, 1.807) is 18.2 Å². The van der Waals surface area contributed by atoms with Gasteiger partial charge in [-0.25, -0.2) is 0 Å². The third-order valence-corrected chi connectivity index (χ3v) is 3.42. The molecule has 0 atom stereocenters. The van der Waals surface area contributed by atoms with E-state index in [1.165, 1.54) is 6.20 Å². The first-order valence-electron chi connectivity index (χ1n) is 4.87. The van der Waals surface area contributed by atoms with Gasteiger partial charge in [0.2, 0.25) is 0 Å². The monoisotopic (exact) mass is 296 g/mol. The smallest absolute Gasteiger partial charge is 0.324 e. The van der Waals surface area contributed by atoms with Crippen LogP contribution in [0.25, 0.3) is 0 Å². The topological polar surface area (TPSA) is 131 Å². The second kappa shape index (κ2) is 6.04. The highest BCUT2D eigenvalue weighted by Crippen LogP contribution is 2.41. The lowest BCUT2D eigenvalue weighted by Crippen LogP contribution is -2.26. The van der Waals surface area contributed by atoms with E-state index >= 15 is 0 Å². The SMILES string of the molecule is O=P(O)(O)CN(Cc1ccccn1)CP(=O)(O)O. The maximum Gasteiger partial charge on any atom is 0.339 e. The van der Waals surface area contributed by atoms with E-state index in [4.69, 9.17) is 19.6 Å². The molecule has 1 aromatic rings. The van der Waals surface area contributed by atoms with E-state index in [0.29, 0.717) is 5.69 Å². The molecule has 0 radical (unpaired) electrons. The number of pyridine rings is 1. The summed E-state index contributed by atoms with van der Waals surface area (Å²) in [6.45, 7) is -0.0446. The molecule has 1 aromatic heterocycles. The lowest BCUT2D eigenvalue weighted by atomic mass is 10.3. The van der Waals surface area contributed by atoms with Crippen molar-refractivity contribution in [3.63, 3.8) is 0 Å². The molecule has 0 saturated heterocycles. The van der Waals surface area contributed by atoms with Gasteiger partial charge in [-0.05, 0) is 12.1 Å². The zero-order chi connectivity index (χ0) is 13.8. The van der Waals surface area contributed by atoms with Gasteiger partial charge in [0.15, 0.2) is 0 Å². The molecular weight excluding hydrogens is 282 g/mol. The van der Waals surface area contributed by atoms with Crippen molar-refractivity contribution in [1.82, 2.24) is 9.88 Å². The van der Waals surface area contributed by atoms with Crippen molar-refractivity contribution < 1.29 is 28.7 Å². The zero-order valence-corrected chi connectivity index (χ0v) is 11.1. The Morgan fingerprint density at radius 3 is 2.00 bits per heavy atom. The maximum absolute atomic E-state index is 10.9. The molecule has 18 heavy (non-hydrogen) atoms. The van der Waals surface area contributed by atoms with E-state index in [2.05, 4.69) is 4.98 Å². The summed E-state index contributed by atoms with van der Waals surface area (Å²) in [5.74, 6) is 0. The van der Waals surface area contributed by atoms with Crippen LogP contribution < -0.4 is 0 Å². The van der Waals surface area contributed by atoms with Gasteiger partial charge < -0.3 is 19.6 Å². The van der Waals surface area contributed by atoms with Gasteiger partial charge in [0, 0.05) is 12.7 Å². The predicted octanol–water partition coefficient (Wildman–Crippen LogP) is 0.154. The molecule has 0 unspecified atom stereocenters. The van der Waals surface area contributed by atoms with Crippen LogP contribution in [0.2, 0.25) is 0 Å². The van der Waals surface area contributed by atoms with Gasteiger partial charge in [-0.2, -0.15) is 0 Å². The predicted molar refractivity (Wildman–Crippen MR) is 63.6 cm³/mol. The molecule has 0 amide bonds. The minimum Gasteiger partial charge on any atom is -0.324 e. The van der Waals surface area contributed by atoms with Crippen LogP contribution >= 0.6 is 15.2 Å². The fourth-order valence-electron chi connectivity index (χ4n) is 1.39. The minimum atomic E-state index is -4.39. The number of hydrogen-bond acceptors (Lipinski definition) is 4. The van der Waals surface area contributed by atoms with Gasteiger partial charge in [-0.3, -0.25) is 19.0 Å². The Kier molecular flexibility index (Phi) is 5.19. The molecule has 10 heteroatoms. The first kappa shape index (κ1) is 15.5. The summed E-state index contributed by atoms with van der Waals surface area (Å²) in [6.07, 6.45) is 0.0336. The van der Waals surface area contributed by atoms with Gasteiger partial charge in [-0.15, -0.1) is 0 Å². The molecule has 0 spiro atoms. The van der Waals surface area contributed by atoms with Crippen LogP contribution in [0.5, 0.6) is 0 Å². The Morgan fingerprint density at radius 2 is 1.61 bits per heavy atom. The normalized spacial score (nSPS) is 12.9. The average molecular weight is 296 g/mol. The van der Waals surface area contributed by atoms with Gasteiger partial charge in [0.05, 0.1) is 5.69 Å². The Hall–Kier alpha value is -0.590. The van der Waals surface area contributed by atoms with E-state index in [1.807, 2.05) is 0 Å². The van der Waals surface area contributed by atoms with E-state index < -0.39 is 27.8 Å². The van der Waals surface area contributed by atoms with Crippen LogP contribution in [0, 0.1) is 0 Å². The molecule has 102 valence electrons. The van der Waals surface area contributed by atoms with E-state index in [-0.39, 0.29) is 6.54 Å². The Labute approximate surface area is 104 Å². The van der Waals surface area contributed by atoms with Crippen LogP contribution in [-0.4, -0.2) is 42.0 Å². The highest BCUT2D eigenvalue weighted by molar-refractivity contribution is 7.52. The number of rotatable bonds is 6. The second-order valence-electron chi connectivity index (χ2n) is 3.76. The Morgan fingerprint density at radius 1 is 1.06 bits per heavy atom. The lowest BCUT2D eigenvalue weighted by molar-refractivity contribution is 0.271. The first-order chi connectivity index (χ1) is 8.16. The van der Waals surface area contributed by atoms with Crippen LogP contribution in [0.4, 0.5) is 0 Å². The van der Waals surface area contributed by atoms with Gasteiger partial charge in [0.25, 0.3) is 0 Å². The molecule has 8 nitrogen and oxygen atoms in total. The molecule has 0 fully saturated rings. The summed E-state index contributed by atoms with van der Waals surface area (Å²) in [6, 6.07) is 4.95. The van der Waals surface area contributed by atoms with Gasteiger partial charge >= 0.3 is 15.2 Å². The van der Waals surface area contributed by atoms with Crippen molar-refractivity contribution in [1.29, 1.82) is 0 Å². The quantitative estimate of drug-likeness (QED) is 0.546. The van der Waals surface area contributed by atoms with Crippen LogP contribution in [0.3, 0.4) is 0 Å². The molecule has 0 aliphatic heterocycles. The summed E-state index contributed by atoms with van der Waals surface area (Å²) >= 11 is 0. The highest BCUT2D eigenvalue weighted by atomic mass is 31.2. The van der Waals surface area contributed by atoms with Gasteiger partial charge in [-0.1, -0.05) is 6.07 Å². The summed E-state index contributed by atoms with van der Waals surface area (Å²) in [5, 5.41) is 0. The average Bonchev–Trinajstić information content (AvgIpc) is 2.13. The lowest BCUT2D eigenvalue weighted by Gasteiger charge is -2.22. The number of nitrogens with zero attached hydrogens (tertiary/aromatic N) is 2. The first-order valence-corrected chi connectivity index (χ1v) is 8.47. The largest absolute Gasteiger partial charge is 0.339 e. The molecule has 0 saturated carbocycles. The number of hydrogen-bond donors (Lipinski definition) is 4. The minimum absolute atomic E-state index is 0.0446. The van der Waals surface area contributed by atoms with Crippen molar-refractivity contribution in [3.8, 4) is 0 Å². The zero-order valence-electron chi connectivity index (χ0n) is 9.32. The molecule has 4 N–H and O–H groups in total. The van der Waals surface area contributed by atoms with Crippen molar-refractivity contribution in [2.45, 2.75) is 6.54 Å². The fraction of sp³-hybridized carbons (Fsp3) is 0.375. The highest BCUT2D eigenvalue weighted by Gasteiger charge is 2.25. The number of aromatic nitrogens is 1. The van der Waals surface area contributed by atoms with Crippen LogP contribution in [0.15, 0.2) is 24.4 Å². The van der Waals surface area contributed by atoms with E-state index in [0.717, 1.165) is 4.90 Å². The summed E-state index contributed by atoms with van der Waals surface area (Å²) < 4.78 is 21.8. The van der Waals surface area contributed by atoms with Crippen molar-refractivity contribution >= 4 is 15.2 Å². The third kappa shape index (κ3) is 6.98. The van der Waals surface area contributed by atoms with Crippen molar-refractivity contribution in [3.05, 3.63) is 30.1 Å². The maximum atomic E-state index is 10.9. The summed E-state index contributed by atoms with van der Waals surface area (Å²) in [5.41, 5.74) is 0.472. The summed E-state index contributed by atoms with van der Waals surface area (Å²) in [4.78, 5) is 40.4. The second-order valence-corrected chi connectivity index (χ2v) is 6.99. The van der Waals surface area contributed by atoms with Crippen LogP contribution in [-0.2, 0) is 15.7 Å².